The summed E-state index contributed by atoms with van der Waals surface area (Å²) in [5.74, 6) is 4.16. The number of rotatable bonds is 3. The molecule has 0 saturated heterocycles. The molecule has 2 aliphatic rings. The third-order valence-corrected chi connectivity index (χ3v) is 4.35. The molecule has 0 amide bonds. The molecule has 82 valence electrons. The van der Waals surface area contributed by atoms with E-state index in [1.165, 1.54) is 25.7 Å². The molecule has 1 aromatic heterocycles. The molecule has 3 unspecified atom stereocenters. The molecule has 0 spiro atoms. The van der Waals surface area contributed by atoms with E-state index >= 15 is 0 Å². The largest absolute Gasteiger partial charge is 0.249 e. The van der Waals surface area contributed by atoms with Crippen molar-refractivity contribution in [2.75, 3.05) is 0 Å². The molecule has 3 nitrogen and oxygen atoms in total. The molecular formula is C11H16ClN3. The molecule has 0 aromatic carbocycles. The summed E-state index contributed by atoms with van der Waals surface area (Å²) < 4.78 is 2.00. The summed E-state index contributed by atoms with van der Waals surface area (Å²) in [5.41, 5.74) is 0. The van der Waals surface area contributed by atoms with Gasteiger partial charge in [-0.1, -0.05) is 6.42 Å². The van der Waals surface area contributed by atoms with Crippen molar-refractivity contribution in [2.45, 2.75) is 38.1 Å². The lowest BCUT2D eigenvalue weighted by molar-refractivity contribution is 0.283. The normalized spacial score (nSPS) is 33.8. The van der Waals surface area contributed by atoms with Gasteiger partial charge in [0.1, 0.15) is 12.2 Å². The highest BCUT2D eigenvalue weighted by atomic mass is 35.5. The first-order valence-corrected chi connectivity index (χ1v) is 6.33. The Bertz CT molecular complexity index is 349. The average molecular weight is 226 g/mol. The first kappa shape index (κ1) is 9.64. The minimum atomic E-state index is 0.473. The maximum absolute atomic E-state index is 5.81. The van der Waals surface area contributed by atoms with Crippen molar-refractivity contribution in [1.29, 1.82) is 0 Å². The number of fused-ring (bicyclic) bond motifs is 2. The van der Waals surface area contributed by atoms with Crippen molar-refractivity contribution in [3.05, 3.63) is 12.2 Å². The fourth-order valence-electron chi connectivity index (χ4n) is 3.37. The third kappa shape index (κ3) is 1.67. The molecule has 2 fully saturated rings. The molecule has 3 rings (SSSR count). The first-order valence-electron chi connectivity index (χ1n) is 5.79. The van der Waals surface area contributed by atoms with Crippen LogP contribution in [0.1, 0.15) is 31.5 Å². The fourth-order valence-corrected chi connectivity index (χ4v) is 3.57. The van der Waals surface area contributed by atoms with E-state index in [2.05, 4.69) is 10.1 Å². The summed E-state index contributed by atoms with van der Waals surface area (Å²) in [6.45, 7) is 1.03. The molecule has 0 N–H and O–H groups in total. The summed E-state index contributed by atoms with van der Waals surface area (Å²) >= 11 is 5.81. The lowest BCUT2D eigenvalue weighted by Gasteiger charge is -2.21. The Morgan fingerprint density at radius 1 is 1.40 bits per heavy atom. The van der Waals surface area contributed by atoms with Crippen LogP contribution < -0.4 is 0 Å². The second-order valence-corrected chi connectivity index (χ2v) is 5.19. The first-order chi connectivity index (χ1) is 7.36. The van der Waals surface area contributed by atoms with Gasteiger partial charge in [-0.15, -0.1) is 11.6 Å². The summed E-state index contributed by atoms with van der Waals surface area (Å²) in [6.07, 6.45) is 7.36. The van der Waals surface area contributed by atoms with Gasteiger partial charge in [0.05, 0.1) is 5.88 Å². The third-order valence-electron chi connectivity index (χ3n) is 4.11. The quantitative estimate of drug-likeness (QED) is 0.740. The van der Waals surface area contributed by atoms with E-state index < -0.39 is 0 Å². The fraction of sp³-hybridized carbons (Fsp3) is 0.818. The van der Waals surface area contributed by atoms with E-state index in [4.69, 9.17) is 11.6 Å². The molecule has 1 heterocycles. The highest BCUT2D eigenvalue weighted by molar-refractivity contribution is 6.16. The number of hydrogen-bond acceptors (Lipinski definition) is 2. The number of nitrogens with zero attached hydrogens (tertiary/aromatic N) is 3. The van der Waals surface area contributed by atoms with Crippen molar-refractivity contribution in [3.8, 4) is 0 Å². The van der Waals surface area contributed by atoms with Crippen LogP contribution in [0, 0.1) is 17.8 Å². The second-order valence-electron chi connectivity index (χ2n) is 4.93. The molecule has 15 heavy (non-hydrogen) atoms. The van der Waals surface area contributed by atoms with Crippen LogP contribution in [0.15, 0.2) is 6.33 Å². The van der Waals surface area contributed by atoms with E-state index in [1.807, 2.05) is 4.68 Å². The molecule has 2 aliphatic carbocycles. The van der Waals surface area contributed by atoms with Crippen LogP contribution in [0.5, 0.6) is 0 Å². The summed E-state index contributed by atoms with van der Waals surface area (Å²) in [4.78, 5) is 4.16. The van der Waals surface area contributed by atoms with E-state index in [-0.39, 0.29) is 0 Å². The highest BCUT2D eigenvalue weighted by Gasteiger charge is 2.39. The smallest absolute Gasteiger partial charge is 0.141 e. The minimum Gasteiger partial charge on any atom is -0.249 e. The molecule has 3 atom stereocenters. The summed E-state index contributed by atoms with van der Waals surface area (Å²) in [6, 6.07) is 0. The van der Waals surface area contributed by atoms with E-state index in [0.29, 0.717) is 5.88 Å². The molecule has 2 saturated carbocycles. The van der Waals surface area contributed by atoms with E-state index in [1.54, 1.807) is 6.33 Å². The van der Waals surface area contributed by atoms with Crippen molar-refractivity contribution >= 4 is 11.6 Å². The van der Waals surface area contributed by atoms with Gasteiger partial charge in [0, 0.05) is 6.54 Å². The SMILES string of the molecule is ClCc1ncnn1CC1CC2CCC1C2. The van der Waals surface area contributed by atoms with E-state index in [9.17, 15) is 0 Å². The van der Waals surface area contributed by atoms with Crippen LogP contribution in [0.3, 0.4) is 0 Å². The lowest BCUT2D eigenvalue weighted by atomic mass is 9.89. The van der Waals surface area contributed by atoms with Crippen molar-refractivity contribution in [1.82, 2.24) is 14.8 Å². The van der Waals surface area contributed by atoms with Crippen LogP contribution in [0.25, 0.3) is 0 Å². The maximum Gasteiger partial charge on any atom is 0.141 e. The Kier molecular flexibility index (Phi) is 2.43. The predicted octanol–water partition coefficient (Wildman–Crippen LogP) is 2.45. The van der Waals surface area contributed by atoms with Gasteiger partial charge < -0.3 is 0 Å². The minimum absolute atomic E-state index is 0.473. The molecule has 0 radical (unpaired) electrons. The van der Waals surface area contributed by atoms with E-state index in [0.717, 1.165) is 30.1 Å². The van der Waals surface area contributed by atoms with Crippen molar-refractivity contribution in [2.24, 2.45) is 17.8 Å². The Balaban J connectivity index is 1.70. The Labute approximate surface area is 94.8 Å². The predicted molar refractivity (Wildman–Crippen MR) is 58.5 cm³/mol. The standard InChI is InChI=1S/C11H16ClN3/c12-5-11-13-7-14-15(11)6-10-4-8-1-2-9(10)3-8/h7-10H,1-6H2. The zero-order valence-electron chi connectivity index (χ0n) is 8.77. The average Bonchev–Trinajstić information content (AvgIpc) is 2.92. The Morgan fingerprint density at radius 2 is 2.33 bits per heavy atom. The lowest BCUT2D eigenvalue weighted by Crippen LogP contribution is -2.19. The topological polar surface area (TPSA) is 30.7 Å². The number of halogens is 1. The van der Waals surface area contributed by atoms with Gasteiger partial charge in [-0.05, 0) is 37.0 Å². The van der Waals surface area contributed by atoms with Crippen LogP contribution in [-0.2, 0) is 12.4 Å². The number of hydrogen-bond donors (Lipinski definition) is 0. The van der Waals surface area contributed by atoms with Crippen molar-refractivity contribution < 1.29 is 0 Å². The van der Waals surface area contributed by atoms with Crippen LogP contribution in [0.4, 0.5) is 0 Å². The van der Waals surface area contributed by atoms with Crippen LogP contribution in [-0.4, -0.2) is 14.8 Å². The second kappa shape index (κ2) is 3.78. The van der Waals surface area contributed by atoms with Gasteiger partial charge in [-0.2, -0.15) is 5.10 Å². The van der Waals surface area contributed by atoms with Gasteiger partial charge in [0.2, 0.25) is 0 Å². The van der Waals surface area contributed by atoms with Gasteiger partial charge in [-0.3, -0.25) is 0 Å². The molecular weight excluding hydrogens is 210 g/mol. The van der Waals surface area contributed by atoms with Gasteiger partial charge in [0.25, 0.3) is 0 Å². The Morgan fingerprint density at radius 3 is 3.00 bits per heavy atom. The van der Waals surface area contributed by atoms with Gasteiger partial charge >= 0.3 is 0 Å². The molecule has 1 aromatic rings. The zero-order chi connectivity index (χ0) is 10.3. The van der Waals surface area contributed by atoms with Crippen LogP contribution >= 0.6 is 11.6 Å². The van der Waals surface area contributed by atoms with Gasteiger partial charge in [0.15, 0.2) is 0 Å². The molecule has 0 aliphatic heterocycles. The maximum atomic E-state index is 5.81. The monoisotopic (exact) mass is 225 g/mol. The van der Waals surface area contributed by atoms with Crippen molar-refractivity contribution in [3.63, 3.8) is 0 Å². The summed E-state index contributed by atoms with van der Waals surface area (Å²) in [7, 11) is 0. The summed E-state index contributed by atoms with van der Waals surface area (Å²) in [5, 5.41) is 4.26. The Hall–Kier alpha value is -0.570. The van der Waals surface area contributed by atoms with Crippen LogP contribution in [0.2, 0.25) is 0 Å². The zero-order valence-corrected chi connectivity index (χ0v) is 9.53. The molecule has 2 bridgehead atoms. The van der Waals surface area contributed by atoms with Gasteiger partial charge in [-0.25, -0.2) is 9.67 Å². The number of aromatic nitrogens is 3. The number of alkyl halides is 1. The molecule has 4 heteroatoms. The highest BCUT2D eigenvalue weighted by Crippen LogP contribution is 2.48.